The Bertz CT molecular complexity index is 1570. The van der Waals surface area contributed by atoms with Gasteiger partial charge in [-0.25, -0.2) is 12.7 Å². The lowest BCUT2D eigenvalue weighted by Crippen LogP contribution is -2.54. The van der Waals surface area contributed by atoms with Crippen LogP contribution in [0.5, 0.6) is 0 Å². The Labute approximate surface area is 250 Å². The molecule has 0 saturated heterocycles. The van der Waals surface area contributed by atoms with Gasteiger partial charge in [0.25, 0.3) is 15.9 Å². The summed E-state index contributed by atoms with van der Waals surface area (Å²) in [7, 11) is -4.10. The van der Waals surface area contributed by atoms with Gasteiger partial charge in [0.1, 0.15) is 10.9 Å². The molecule has 1 N–H and O–H groups in total. The fourth-order valence-electron chi connectivity index (χ4n) is 4.63. The summed E-state index contributed by atoms with van der Waals surface area (Å²) >= 11 is 12.5. The highest BCUT2D eigenvalue weighted by Gasteiger charge is 2.41. The quantitative estimate of drug-likeness (QED) is 0.361. The maximum Gasteiger partial charge on any atom is 0.269 e. The van der Waals surface area contributed by atoms with Gasteiger partial charge in [-0.2, -0.15) is 0 Å². The van der Waals surface area contributed by atoms with Crippen LogP contribution in [0.15, 0.2) is 77.7 Å². The molecule has 4 rings (SSSR count). The lowest BCUT2D eigenvalue weighted by Gasteiger charge is -2.34. The van der Waals surface area contributed by atoms with E-state index in [1.54, 1.807) is 24.3 Å². The van der Waals surface area contributed by atoms with Crippen molar-refractivity contribution in [2.45, 2.75) is 56.6 Å². The number of nitrogens with one attached hydrogen (secondary N) is 1. The molecule has 1 aliphatic rings. The van der Waals surface area contributed by atoms with Crippen LogP contribution < -0.4 is 5.32 Å². The van der Waals surface area contributed by atoms with Crippen molar-refractivity contribution >= 4 is 50.9 Å². The third kappa shape index (κ3) is 7.09. The van der Waals surface area contributed by atoms with Crippen molar-refractivity contribution in [1.82, 2.24) is 14.5 Å². The Balaban J connectivity index is 1.68. The molecule has 8 nitrogen and oxygen atoms in total. The van der Waals surface area contributed by atoms with Crippen molar-refractivity contribution in [2.24, 2.45) is 0 Å². The Morgan fingerprint density at radius 2 is 1.63 bits per heavy atom. The summed E-state index contributed by atoms with van der Waals surface area (Å²) in [6.07, 6.45) is -0.135. The Hall–Kier alpha value is -3.40. The molecule has 0 saturated carbocycles. The van der Waals surface area contributed by atoms with Crippen molar-refractivity contribution < 1.29 is 22.8 Å². The second kappa shape index (κ2) is 12.2. The van der Waals surface area contributed by atoms with E-state index in [2.05, 4.69) is 5.32 Å². The zero-order valence-electron chi connectivity index (χ0n) is 22.9. The summed E-state index contributed by atoms with van der Waals surface area (Å²) in [6.45, 7) is 5.11. The molecule has 0 unspecified atom stereocenters. The molecule has 0 aromatic heterocycles. The normalized spacial score (nSPS) is 14.9. The second-order valence-corrected chi connectivity index (χ2v) is 13.5. The zero-order chi connectivity index (χ0) is 29.9. The molecule has 3 aromatic rings. The average molecular weight is 617 g/mol. The van der Waals surface area contributed by atoms with Crippen LogP contribution in [0.25, 0.3) is 0 Å². The summed E-state index contributed by atoms with van der Waals surface area (Å²) in [5, 5.41) is 3.70. The summed E-state index contributed by atoms with van der Waals surface area (Å²) in [5.41, 5.74) is 0.870. The van der Waals surface area contributed by atoms with Crippen molar-refractivity contribution in [3.63, 3.8) is 0 Å². The van der Waals surface area contributed by atoms with Crippen LogP contribution in [0.2, 0.25) is 10.0 Å². The van der Waals surface area contributed by atoms with Gasteiger partial charge in [-0.1, -0.05) is 71.7 Å². The molecule has 3 amide bonds. The fourth-order valence-corrected chi connectivity index (χ4v) is 6.67. The average Bonchev–Trinajstić information content (AvgIpc) is 3.10. The number of fused-ring (bicyclic) bond motifs is 1. The van der Waals surface area contributed by atoms with Crippen LogP contribution in [-0.2, 0) is 32.6 Å². The number of benzene rings is 3. The number of halogens is 2. The van der Waals surface area contributed by atoms with Gasteiger partial charge in [-0.05, 0) is 56.2 Å². The SMILES string of the molecule is CC(C)(C)NC(=O)[C@@H](Cc1ccccc1)N(Cc1ccc(Cl)cc1Cl)C(=O)CCN1C(=O)c2ccccc2S1(=O)=O. The van der Waals surface area contributed by atoms with Crippen LogP contribution in [0.1, 0.15) is 48.7 Å². The van der Waals surface area contributed by atoms with Crippen molar-refractivity contribution in [3.8, 4) is 0 Å². The van der Waals surface area contributed by atoms with Gasteiger partial charge in [-0.3, -0.25) is 14.4 Å². The third-order valence-electron chi connectivity index (χ3n) is 6.57. The summed E-state index contributed by atoms with van der Waals surface area (Å²) < 4.78 is 26.9. The van der Waals surface area contributed by atoms with E-state index in [9.17, 15) is 22.8 Å². The molecule has 41 heavy (non-hydrogen) atoms. The van der Waals surface area contributed by atoms with Crippen LogP contribution in [-0.4, -0.2) is 53.5 Å². The number of amides is 3. The highest BCUT2D eigenvalue weighted by molar-refractivity contribution is 7.90. The topological polar surface area (TPSA) is 104 Å². The van der Waals surface area contributed by atoms with Gasteiger partial charge in [-0.15, -0.1) is 0 Å². The van der Waals surface area contributed by atoms with Crippen LogP contribution >= 0.6 is 23.2 Å². The minimum atomic E-state index is -4.10. The van der Waals surface area contributed by atoms with Gasteiger partial charge in [0.05, 0.1) is 5.56 Å². The fraction of sp³-hybridized carbons (Fsp3) is 0.300. The molecular weight excluding hydrogens is 585 g/mol. The van der Waals surface area contributed by atoms with Crippen LogP contribution in [0.4, 0.5) is 0 Å². The number of hydrogen-bond donors (Lipinski definition) is 1. The maximum absolute atomic E-state index is 13.9. The van der Waals surface area contributed by atoms with E-state index in [1.807, 2.05) is 51.1 Å². The van der Waals surface area contributed by atoms with Crippen LogP contribution in [0.3, 0.4) is 0 Å². The number of rotatable bonds is 9. The summed E-state index contributed by atoms with van der Waals surface area (Å²) in [4.78, 5) is 41.8. The molecule has 0 fully saturated rings. The first kappa shape index (κ1) is 30.6. The van der Waals surface area contributed by atoms with Gasteiger partial charge in [0.15, 0.2) is 0 Å². The molecule has 11 heteroatoms. The molecule has 1 aliphatic heterocycles. The molecule has 216 valence electrons. The number of nitrogens with zero attached hydrogens (tertiary/aromatic N) is 2. The number of carbonyl (C=O) groups excluding carboxylic acids is 3. The smallest absolute Gasteiger partial charge is 0.269 e. The van der Waals surface area contributed by atoms with Crippen LogP contribution in [0, 0.1) is 0 Å². The first-order valence-corrected chi connectivity index (χ1v) is 15.2. The predicted molar refractivity (Wildman–Crippen MR) is 158 cm³/mol. The highest BCUT2D eigenvalue weighted by Crippen LogP contribution is 2.30. The summed E-state index contributed by atoms with van der Waals surface area (Å²) in [5.74, 6) is -1.58. The van der Waals surface area contributed by atoms with Crippen molar-refractivity contribution in [3.05, 3.63) is 99.5 Å². The zero-order valence-corrected chi connectivity index (χ0v) is 25.3. The Morgan fingerprint density at radius 3 is 2.27 bits per heavy atom. The molecule has 0 radical (unpaired) electrons. The molecule has 0 spiro atoms. The monoisotopic (exact) mass is 615 g/mol. The van der Waals surface area contributed by atoms with E-state index < -0.39 is 33.4 Å². The van der Waals surface area contributed by atoms with E-state index in [0.717, 1.165) is 5.56 Å². The van der Waals surface area contributed by atoms with Gasteiger partial charge >= 0.3 is 0 Å². The first-order chi connectivity index (χ1) is 19.3. The van der Waals surface area contributed by atoms with E-state index in [4.69, 9.17) is 23.2 Å². The largest absolute Gasteiger partial charge is 0.350 e. The molecule has 1 heterocycles. The van der Waals surface area contributed by atoms with Gasteiger partial charge in [0, 0.05) is 41.5 Å². The second-order valence-electron chi connectivity index (χ2n) is 10.8. The highest BCUT2D eigenvalue weighted by atomic mass is 35.5. The van der Waals surface area contributed by atoms with E-state index >= 15 is 0 Å². The van der Waals surface area contributed by atoms with E-state index in [-0.39, 0.29) is 42.3 Å². The first-order valence-electron chi connectivity index (χ1n) is 13.0. The number of sulfonamides is 1. The molecule has 3 aromatic carbocycles. The maximum atomic E-state index is 13.9. The Kier molecular flexibility index (Phi) is 9.11. The molecule has 1 atom stereocenters. The molecule has 0 bridgehead atoms. The minimum absolute atomic E-state index is 0.0369. The van der Waals surface area contributed by atoms with Crippen molar-refractivity contribution in [1.29, 1.82) is 0 Å². The lowest BCUT2D eigenvalue weighted by molar-refractivity contribution is -0.142. The Morgan fingerprint density at radius 1 is 0.976 bits per heavy atom. The lowest BCUT2D eigenvalue weighted by atomic mass is 10.0. The molecular formula is C30H31Cl2N3O5S. The standard InChI is InChI=1S/C30H31Cl2N3O5S/c1-30(2,3)33-28(37)25(17-20-9-5-4-6-10-20)34(19-21-13-14-22(31)18-24(21)32)27(36)15-16-35-29(38)23-11-7-8-12-26(23)41(35,39)40/h4-14,18,25H,15-17,19H2,1-3H3,(H,33,37)/t25-/m1/s1. The van der Waals surface area contributed by atoms with Gasteiger partial charge < -0.3 is 10.2 Å². The van der Waals surface area contributed by atoms with E-state index in [0.29, 0.717) is 19.9 Å². The van der Waals surface area contributed by atoms with Crippen molar-refractivity contribution in [2.75, 3.05) is 6.54 Å². The predicted octanol–water partition coefficient (Wildman–Crippen LogP) is 5.08. The third-order valence-corrected chi connectivity index (χ3v) is 8.99. The number of carbonyl (C=O) groups is 3. The number of hydrogen-bond acceptors (Lipinski definition) is 5. The van der Waals surface area contributed by atoms with E-state index in [1.165, 1.54) is 23.1 Å². The molecule has 0 aliphatic carbocycles. The van der Waals surface area contributed by atoms with Gasteiger partial charge in [0.2, 0.25) is 11.8 Å². The minimum Gasteiger partial charge on any atom is -0.350 e. The summed E-state index contributed by atoms with van der Waals surface area (Å²) in [6, 6.07) is 19.1.